The molecule has 1 heterocycles. The van der Waals surface area contributed by atoms with Gasteiger partial charge in [-0.25, -0.2) is 4.98 Å². The van der Waals surface area contributed by atoms with Crippen molar-refractivity contribution in [1.29, 1.82) is 0 Å². The van der Waals surface area contributed by atoms with Crippen LogP contribution in [0.4, 0.5) is 0 Å². The highest BCUT2D eigenvalue weighted by Crippen LogP contribution is 2.46. The molecule has 1 aromatic rings. The van der Waals surface area contributed by atoms with E-state index in [-0.39, 0.29) is 11.2 Å². The van der Waals surface area contributed by atoms with E-state index < -0.39 is 5.97 Å². The summed E-state index contributed by atoms with van der Waals surface area (Å²) in [7, 11) is 0. The highest BCUT2D eigenvalue weighted by Gasteiger charge is 2.35. The summed E-state index contributed by atoms with van der Waals surface area (Å²) in [5.41, 5.74) is 1.58. The van der Waals surface area contributed by atoms with E-state index in [2.05, 4.69) is 44.2 Å². The minimum absolute atomic E-state index is 0.0156. The zero-order valence-corrected chi connectivity index (χ0v) is 14.5. The number of hydrogen-bond acceptors (Lipinski definition) is 3. The second-order valence-electron chi connectivity index (χ2n) is 7.79. The summed E-state index contributed by atoms with van der Waals surface area (Å²) in [6, 6.07) is 0.438. The van der Waals surface area contributed by atoms with Crippen LogP contribution < -0.4 is 0 Å². The van der Waals surface area contributed by atoms with Crippen molar-refractivity contribution in [2.75, 3.05) is 5.75 Å². The summed E-state index contributed by atoms with van der Waals surface area (Å²) in [6.45, 7) is 11.2. The molecule has 118 valence electrons. The maximum atomic E-state index is 10.9. The van der Waals surface area contributed by atoms with E-state index in [0.29, 0.717) is 11.5 Å². The highest BCUT2D eigenvalue weighted by atomic mass is 32.2. The van der Waals surface area contributed by atoms with Crippen molar-refractivity contribution in [2.45, 2.75) is 70.5 Å². The zero-order chi connectivity index (χ0) is 15.8. The van der Waals surface area contributed by atoms with Gasteiger partial charge in [-0.1, -0.05) is 46.4 Å². The van der Waals surface area contributed by atoms with Crippen molar-refractivity contribution in [1.82, 2.24) is 9.55 Å². The number of carboxylic acids is 1. The third-order valence-corrected chi connectivity index (χ3v) is 5.12. The molecule has 1 fully saturated rings. The summed E-state index contributed by atoms with van der Waals surface area (Å²) >= 11 is 1.33. The standard InChI is InChI=1S/C16H26N2O2S/c1-15(2,3)12-9-17-14(21-10-13(19)20)18(12)11-6-7-16(4,5)8-11/h9,11H,6-8,10H2,1-5H3,(H,19,20). The molecule has 0 spiro atoms. The number of hydrogen-bond donors (Lipinski definition) is 1. The van der Waals surface area contributed by atoms with Crippen molar-refractivity contribution >= 4 is 17.7 Å². The molecule has 0 saturated heterocycles. The minimum Gasteiger partial charge on any atom is -0.481 e. The van der Waals surface area contributed by atoms with Gasteiger partial charge in [0.15, 0.2) is 5.16 Å². The Kier molecular flexibility index (Phi) is 4.43. The molecule has 0 amide bonds. The van der Waals surface area contributed by atoms with Crippen LogP contribution in [0.1, 0.15) is 65.6 Å². The highest BCUT2D eigenvalue weighted by molar-refractivity contribution is 7.99. The molecule has 21 heavy (non-hydrogen) atoms. The second kappa shape index (κ2) is 5.67. The fraction of sp³-hybridized carbons (Fsp3) is 0.750. The van der Waals surface area contributed by atoms with Crippen molar-refractivity contribution in [2.24, 2.45) is 5.41 Å². The van der Waals surface area contributed by atoms with Crippen LogP contribution in [-0.4, -0.2) is 26.4 Å². The summed E-state index contributed by atoms with van der Waals surface area (Å²) in [5, 5.41) is 9.77. The number of thioether (sulfide) groups is 1. The number of rotatable bonds is 4. The molecule has 5 heteroatoms. The lowest BCUT2D eigenvalue weighted by Crippen LogP contribution is -2.21. The van der Waals surface area contributed by atoms with Gasteiger partial charge in [0.05, 0.1) is 5.75 Å². The number of carbonyl (C=O) groups is 1. The fourth-order valence-corrected chi connectivity index (χ4v) is 3.87. The maximum Gasteiger partial charge on any atom is 0.313 e. The molecule has 0 aromatic carbocycles. The Bertz CT molecular complexity index is 529. The first-order valence-electron chi connectivity index (χ1n) is 7.52. The number of aliphatic carboxylic acids is 1. The summed E-state index contributed by atoms with van der Waals surface area (Å²) in [4.78, 5) is 15.4. The summed E-state index contributed by atoms with van der Waals surface area (Å²) < 4.78 is 2.31. The fourth-order valence-electron chi connectivity index (χ4n) is 3.10. The van der Waals surface area contributed by atoms with Gasteiger partial charge in [0, 0.05) is 23.3 Å². The molecule has 1 aliphatic rings. The van der Waals surface area contributed by atoms with E-state index in [9.17, 15) is 4.79 Å². The third-order valence-electron chi connectivity index (χ3n) is 4.16. The Balaban J connectivity index is 2.35. The first-order chi connectivity index (χ1) is 9.60. The maximum absolute atomic E-state index is 10.9. The van der Waals surface area contributed by atoms with Crippen LogP contribution in [0, 0.1) is 5.41 Å². The van der Waals surface area contributed by atoms with Gasteiger partial charge in [-0.2, -0.15) is 0 Å². The van der Waals surface area contributed by atoms with E-state index in [0.717, 1.165) is 18.0 Å². The molecule has 1 saturated carbocycles. The van der Waals surface area contributed by atoms with Crippen molar-refractivity contribution in [3.63, 3.8) is 0 Å². The normalized spacial score (nSPS) is 21.7. The summed E-state index contributed by atoms with van der Waals surface area (Å²) in [5.74, 6) is -0.727. The smallest absolute Gasteiger partial charge is 0.313 e. The van der Waals surface area contributed by atoms with E-state index in [4.69, 9.17) is 5.11 Å². The molecular weight excluding hydrogens is 284 g/mol. The van der Waals surface area contributed by atoms with Crippen LogP contribution in [-0.2, 0) is 10.2 Å². The lowest BCUT2D eigenvalue weighted by molar-refractivity contribution is -0.133. The molecule has 1 unspecified atom stereocenters. The molecule has 0 bridgehead atoms. The molecule has 0 aliphatic heterocycles. The second-order valence-corrected chi connectivity index (χ2v) is 8.73. The molecule has 1 atom stereocenters. The van der Waals surface area contributed by atoms with Crippen LogP contribution in [0.3, 0.4) is 0 Å². The van der Waals surface area contributed by atoms with Gasteiger partial charge in [0.25, 0.3) is 0 Å². The van der Waals surface area contributed by atoms with Crippen molar-refractivity contribution < 1.29 is 9.90 Å². The molecule has 2 rings (SSSR count). The molecule has 1 aliphatic carbocycles. The van der Waals surface area contributed by atoms with Gasteiger partial charge in [-0.3, -0.25) is 4.79 Å². The van der Waals surface area contributed by atoms with Crippen molar-refractivity contribution in [3.05, 3.63) is 11.9 Å². The van der Waals surface area contributed by atoms with Gasteiger partial charge < -0.3 is 9.67 Å². The van der Waals surface area contributed by atoms with Crippen LogP contribution >= 0.6 is 11.8 Å². The van der Waals surface area contributed by atoms with Gasteiger partial charge in [-0.05, 0) is 24.7 Å². The van der Waals surface area contributed by atoms with E-state index >= 15 is 0 Å². The molecule has 0 radical (unpaired) electrons. The van der Waals surface area contributed by atoms with E-state index in [1.54, 1.807) is 0 Å². The Hall–Kier alpha value is -0.970. The topological polar surface area (TPSA) is 55.1 Å². The Morgan fingerprint density at radius 3 is 2.67 bits per heavy atom. The molecule has 1 aromatic heterocycles. The van der Waals surface area contributed by atoms with Gasteiger partial charge in [0.2, 0.25) is 0 Å². The lowest BCUT2D eigenvalue weighted by Gasteiger charge is -2.26. The number of nitrogens with zero attached hydrogens (tertiary/aromatic N) is 2. The lowest BCUT2D eigenvalue weighted by atomic mass is 9.90. The van der Waals surface area contributed by atoms with E-state index in [1.165, 1.54) is 23.9 Å². The number of carboxylic acid groups (broad SMARTS) is 1. The van der Waals surface area contributed by atoms with E-state index in [1.807, 2.05) is 6.20 Å². The predicted molar refractivity (Wildman–Crippen MR) is 86.0 cm³/mol. The van der Waals surface area contributed by atoms with Crippen LogP contribution in [0.5, 0.6) is 0 Å². The van der Waals surface area contributed by atoms with Gasteiger partial charge >= 0.3 is 5.97 Å². The quantitative estimate of drug-likeness (QED) is 0.850. The first kappa shape index (κ1) is 16.4. The number of aromatic nitrogens is 2. The molecular formula is C16H26N2O2S. The monoisotopic (exact) mass is 310 g/mol. The Morgan fingerprint density at radius 1 is 1.52 bits per heavy atom. The minimum atomic E-state index is -0.793. The zero-order valence-electron chi connectivity index (χ0n) is 13.6. The SMILES string of the molecule is CC1(C)CCC(n2c(C(C)(C)C)cnc2SCC(=O)O)C1. The van der Waals surface area contributed by atoms with Gasteiger partial charge in [0.1, 0.15) is 0 Å². The van der Waals surface area contributed by atoms with Crippen LogP contribution in [0.25, 0.3) is 0 Å². The third kappa shape index (κ3) is 3.82. The Labute approximate surface area is 131 Å². The average Bonchev–Trinajstić information content (AvgIpc) is 2.88. The molecule has 4 nitrogen and oxygen atoms in total. The largest absolute Gasteiger partial charge is 0.481 e. The molecule has 1 N–H and O–H groups in total. The van der Waals surface area contributed by atoms with Crippen LogP contribution in [0.2, 0.25) is 0 Å². The Morgan fingerprint density at radius 2 is 2.19 bits per heavy atom. The summed E-state index contributed by atoms with van der Waals surface area (Å²) in [6.07, 6.45) is 5.41. The first-order valence-corrected chi connectivity index (χ1v) is 8.51. The van der Waals surface area contributed by atoms with Gasteiger partial charge in [-0.15, -0.1) is 0 Å². The van der Waals surface area contributed by atoms with Crippen molar-refractivity contribution in [3.8, 4) is 0 Å². The predicted octanol–water partition coefficient (Wildman–Crippen LogP) is 4.11. The van der Waals surface area contributed by atoms with Crippen LogP contribution in [0.15, 0.2) is 11.4 Å². The average molecular weight is 310 g/mol. The number of imidazole rings is 1.